The molecule has 0 atom stereocenters. The number of nitrogens with one attached hydrogen (secondary N) is 1. The van der Waals surface area contributed by atoms with Crippen molar-refractivity contribution in [1.82, 2.24) is 19.9 Å². The van der Waals surface area contributed by atoms with Gasteiger partial charge in [-0.05, 0) is 48.7 Å². The zero-order valence-corrected chi connectivity index (χ0v) is 16.2. The molecule has 144 valence electrons. The van der Waals surface area contributed by atoms with Gasteiger partial charge < -0.3 is 15.0 Å². The van der Waals surface area contributed by atoms with E-state index in [1.807, 2.05) is 37.3 Å². The van der Waals surface area contributed by atoms with Crippen LogP contribution in [0.4, 0.5) is 11.6 Å². The Labute approximate surface area is 164 Å². The van der Waals surface area contributed by atoms with Crippen LogP contribution in [0.15, 0.2) is 55.1 Å². The Bertz CT molecular complexity index is 929. The number of anilines is 2. The van der Waals surface area contributed by atoms with E-state index in [1.165, 1.54) is 12.4 Å². The highest BCUT2D eigenvalue weighted by atomic mass is 16.5. The van der Waals surface area contributed by atoms with E-state index in [9.17, 15) is 4.79 Å². The molecule has 0 bridgehead atoms. The van der Waals surface area contributed by atoms with Gasteiger partial charge in [0.15, 0.2) is 0 Å². The van der Waals surface area contributed by atoms with E-state index in [2.05, 4.69) is 20.3 Å². The zero-order chi connectivity index (χ0) is 19.9. The topological polar surface area (TPSA) is 80.2 Å². The molecule has 0 unspecified atom stereocenters. The molecule has 3 rings (SSSR count). The number of amides is 1. The van der Waals surface area contributed by atoms with Gasteiger partial charge in [-0.15, -0.1) is 0 Å². The van der Waals surface area contributed by atoms with Gasteiger partial charge in [-0.1, -0.05) is 6.07 Å². The number of likely N-dealkylation sites (N-methyl/N-ethyl adjacent to an activating group) is 1. The van der Waals surface area contributed by atoms with Gasteiger partial charge in [0.1, 0.15) is 5.75 Å². The van der Waals surface area contributed by atoms with Crippen molar-refractivity contribution in [1.29, 1.82) is 0 Å². The van der Waals surface area contributed by atoms with Crippen LogP contribution in [-0.2, 0) is 6.42 Å². The molecular formula is C21H23N5O2. The smallest absolute Gasteiger partial charge is 0.256 e. The predicted octanol–water partition coefficient (Wildman–Crippen LogP) is 3.25. The van der Waals surface area contributed by atoms with Crippen LogP contribution in [0.5, 0.6) is 5.75 Å². The van der Waals surface area contributed by atoms with E-state index in [4.69, 9.17) is 4.74 Å². The van der Waals surface area contributed by atoms with Gasteiger partial charge in [0.25, 0.3) is 5.91 Å². The van der Waals surface area contributed by atoms with Gasteiger partial charge in [0, 0.05) is 38.4 Å². The second kappa shape index (κ2) is 8.94. The fourth-order valence-corrected chi connectivity index (χ4v) is 2.71. The summed E-state index contributed by atoms with van der Waals surface area (Å²) in [7, 11) is 3.38. The molecule has 0 saturated heterocycles. The average Bonchev–Trinajstić information content (AvgIpc) is 2.73. The van der Waals surface area contributed by atoms with Gasteiger partial charge in [0.2, 0.25) is 5.95 Å². The third-order valence-electron chi connectivity index (χ3n) is 4.33. The highest BCUT2D eigenvalue weighted by Gasteiger charge is 2.13. The molecule has 3 aromatic rings. The van der Waals surface area contributed by atoms with Crippen molar-refractivity contribution >= 4 is 17.5 Å². The van der Waals surface area contributed by atoms with Crippen LogP contribution in [0, 0.1) is 6.92 Å². The van der Waals surface area contributed by atoms with Gasteiger partial charge in [-0.25, -0.2) is 9.97 Å². The first-order valence-electron chi connectivity index (χ1n) is 8.95. The molecule has 0 spiro atoms. The lowest BCUT2D eigenvalue weighted by Crippen LogP contribution is -2.29. The van der Waals surface area contributed by atoms with Crippen molar-refractivity contribution in [3.63, 3.8) is 0 Å². The first-order chi connectivity index (χ1) is 13.6. The third-order valence-corrected chi connectivity index (χ3v) is 4.33. The molecule has 2 aromatic heterocycles. The molecule has 0 radical (unpaired) electrons. The summed E-state index contributed by atoms with van der Waals surface area (Å²) in [5.41, 5.74) is 3.44. The lowest BCUT2D eigenvalue weighted by atomic mass is 10.2. The predicted molar refractivity (Wildman–Crippen MR) is 108 cm³/mol. The number of nitrogens with zero attached hydrogens (tertiary/aromatic N) is 4. The first kappa shape index (κ1) is 19.3. The number of aryl methyl sites for hydroxylation is 1. The van der Waals surface area contributed by atoms with Crippen LogP contribution in [-0.4, -0.2) is 46.5 Å². The standard InChI is InChI=1S/C21H23N5O2/c1-15-4-5-19(28-3)18(12-15)25-21-23-13-17(14-24-21)20(27)26(2)11-8-16-6-9-22-10-7-16/h4-7,9-10,12-14H,8,11H2,1-3H3,(H,23,24,25). The van der Waals surface area contributed by atoms with E-state index in [-0.39, 0.29) is 5.91 Å². The van der Waals surface area contributed by atoms with Gasteiger partial charge >= 0.3 is 0 Å². The molecule has 1 aromatic carbocycles. The summed E-state index contributed by atoms with van der Waals surface area (Å²) in [5, 5.41) is 3.13. The number of ether oxygens (including phenoxy) is 1. The minimum Gasteiger partial charge on any atom is -0.495 e. The van der Waals surface area contributed by atoms with Crippen LogP contribution in [0.3, 0.4) is 0 Å². The van der Waals surface area contributed by atoms with Crippen molar-refractivity contribution in [3.05, 3.63) is 71.8 Å². The second-order valence-corrected chi connectivity index (χ2v) is 6.46. The molecule has 28 heavy (non-hydrogen) atoms. The maximum absolute atomic E-state index is 12.6. The monoisotopic (exact) mass is 377 g/mol. The first-order valence-corrected chi connectivity index (χ1v) is 8.95. The van der Waals surface area contributed by atoms with Gasteiger partial charge in [0.05, 0.1) is 18.4 Å². The molecule has 7 heteroatoms. The molecule has 0 aliphatic heterocycles. The number of benzene rings is 1. The molecule has 1 amide bonds. The number of methoxy groups -OCH3 is 1. The minimum absolute atomic E-state index is 0.117. The lowest BCUT2D eigenvalue weighted by Gasteiger charge is -2.17. The summed E-state index contributed by atoms with van der Waals surface area (Å²) >= 11 is 0. The van der Waals surface area contributed by atoms with Crippen molar-refractivity contribution < 1.29 is 9.53 Å². The summed E-state index contributed by atoms with van der Waals surface area (Å²) in [6.45, 7) is 2.60. The van der Waals surface area contributed by atoms with Crippen LogP contribution in [0.25, 0.3) is 0 Å². The van der Waals surface area contributed by atoms with Crippen LogP contribution >= 0.6 is 0 Å². The number of aromatic nitrogens is 3. The zero-order valence-electron chi connectivity index (χ0n) is 16.2. The maximum Gasteiger partial charge on any atom is 0.256 e. The lowest BCUT2D eigenvalue weighted by molar-refractivity contribution is 0.0796. The molecule has 0 aliphatic carbocycles. The average molecular weight is 377 g/mol. The van der Waals surface area contributed by atoms with Crippen molar-refractivity contribution in [3.8, 4) is 5.75 Å². The van der Waals surface area contributed by atoms with E-state index >= 15 is 0 Å². The number of carbonyl (C=O) groups excluding carboxylic acids is 1. The summed E-state index contributed by atoms with van der Waals surface area (Å²) in [5.74, 6) is 0.985. The van der Waals surface area contributed by atoms with E-state index in [0.717, 1.165) is 23.2 Å². The summed E-state index contributed by atoms with van der Waals surface area (Å²) in [6.07, 6.45) is 7.32. The van der Waals surface area contributed by atoms with Crippen molar-refractivity contribution in [2.24, 2.45) is 0 Å². The molecule has 7 nitrogen and oxygen atoms in total. The van der Waals surface area contributed by atoms with Crippen molar-refractivity contribution in [2.75, 3.05) is 26.0 Å². The highest BCUT2D eigenvalue weighted by Crippen LogP contribution is 2.27. The van der Waals surface area contributed by atoms with Crippen LogP contribution in [0.1, 0.15) is 21.5 Å². The number of hydrogen-bond donors (Lipinski definition) is 1. The highest BCUT2D eigenvalue weighted by molar-refractivity contribution is 5.93. The molecular weight excluding hydrogens is 354 g/mol. The van der Waals surface area contributed by atoms with E-state index < -0.39 is 0 Å². The van der Waals surface area contributed by atoms with Crippen LogP contribution in [0.2, 0.25) is 0 Å². The normalized spacial score (nSPS) is 10.4. The second-order valence-electron chi connectivity index (χ2n) is 6.46. The molecule has 0 aliphatic rings. The van der Waals surface area contributed by atoms with E-state index in [1.54, 1.807) is 31.5 Å². The molecule has 1 N–H and O–H groups in total. The number of pyridine rings is 1. The Kier molecular flexibility index (Phi) is 6.16. The molecule has 0 fully saturated rings. The fourth-order valence-electron chi connectivity index (χ4n) is 2.71. The van der Waals surface area contributed by atoms with Crippen molar-refractivity contribution in [2.45, 2.75) is 13.3 Å². The Morgan fingerprint density at radius 3 is 2.54 bits per heavy atom. The number of carbonyl (C=O) groups is 1. The Hall–Kier alpha value is -3.48. The van der Waals surface area contributed by atoms with E-state index in [0.29, 0.717) is 23.8 Å². The maximum atomic E-state index is 12.6. The molecule has 2 heterocycles. The minimum atomic E-state index is -0.117. The Balaban J connectivity index is 1.63. The Morgan fingerprint density at radius 2 is 1.86 bits per heavy atom. The van der Waals surface area contributed by atoms with Gasteiger partial charge in [-0.3, -0.25) is 9.78 Å². The summed E-state index contributed by atoms with van der Waals surface area (Å²) < 4.78 is 5.35. The summed E-state index contributed by atoms with van der Waals surface area (Å²) in [4.78, 5) is 26.8. The fraction of sp³-hybridized carbons (Fsp3) is 0.238. The quantitative estimate of drug-likeness (QED) is 0.681. The SMILES string of the molecule is COc1ccc(C)cc1Nc1ncc(C(=O)N(C)CCc2ccncc2)cn1. The molecule has 0 saturated carbocycles. The van der Waals surface area contributed by atoms with Crippen LogP contribution < -0.4 is 10.1 Å². The number of rotatable bonds is 7. The van der Waals surface area contributed by atoms with Gasteiger partial charge in [-0.2, -0.15) is 0 Å². The third kappa shape index (κ3) is 4.82. The summed E-state index contributed by atoms with van der Waals surface area (Å²) in [6, 6.07) is 9.69. The largest absolute Gasteiger partial charge is 0.495 e. The Morgan fingerprint density at radius 1 is 1.14 bits per heavy atom. The number of hydrogen-bond acceptors (Lipinski definition) is 6.